The molecule has 13 heavy (non-hydrogen) atoms. The second-order valence-corrected chi connectivity index (χ2v) is 3.36. The van der Waals surface area contributed by atoms with Gasteiger partial charge in [-0.15, -0.1) is 0 Å². The second-order valence-electron chi connectivity index (χ2n) is 3.36. The number of hydrogen-bond acceptors (Lipinski definition) is 1. The molecule has 1 nitrogen and oxygen atoms in total. The first-order valence-electron chi connectivity index (χ1n) is 4.42. The van der Waals surface area contributed by atoms with Crippen molar-refractivity contribution in [2.45, 2.75) is 6.42 Å². The maximum absolute atomic E-state index is 11.5. The Morgan fingerprint density at radius 2 is 1.85 bits per heavy atom. The lowest BCUT2D eigenvalue weighted by Gasteiger charge is -2.27. The van der Waals surface area contributed by atoms with Crippen molar-refractivity contribution in [2.75, 3.05) is 0 Å². The summed E-state index contributed by atoms with van der Waals surface area (Å²) in [5, 5.41) is 0. The average Bonchev–Trinajstić information content (AvgIpc) is 2.14. The summed E-state index contributed by atoms with van der Waals surface area (Å²) in [6, 6.07) is 8.08. The van der Waals surface area contributed by atoms with Crippen LogP contribution in [0.1, 0.15) is 17.5 Å². The number of Topliss-reactive ketones (excluding diaryl/α,β-unsaturated/α-hetero) is 1. The highest BCUT2D eigenvalue weighted by Crippen LogP contribution is 2.43. The zero-order valence-electron chi connectivity index (χ0n) is 7.08. The normalized spacial score (nSPS) is 18.0. The molecule has 0 amide bonds. The summed E-state index contributed by atoms with van der Waals surface area (Å²) in [6.45, 7) is 0. The Morgan fingerprint density at radius 3 is 2.69 bits per heavy atom. The Balaban J connectivity index is 2.24. The molecule has 0 unspecified atom stereocenters. The monoisotopic (exact) mass is 168 g/mol. The first-order valence-corrected chi connectivity index (χ1v) is 4.42. The van der Waals surface area contributed by atoms with E-state index in [1.54, 1.807) is 0 Å². The lowest BCUT2D eigenvalue weighted by molar-refractivity contribution is -0.113. The number of benzene rings is 1. The predicted octanol–water partition coefficient (Wildman–Crippen LogP) is 2.44. The maximum Gasteiger partial charge on any atom is 0.167 e. The highest BCUT2D eigenvalue weighted by atomic mass is 16.1. The Kier molecular flexibility index (Phi) is 1.15. The van der Waals surface area contributed by atoms with Gasteiger partial charge >= 0.3 is 0 Å². The number of allylic oxidation sites excluding steroid dienone is 4. The summed E-state index contributed by atoms with van der Waals surface area (Å²) in [5.41, 5.74) is 4.43. The molecule has 1 aromatic carbocycles. The number of fused-ring (bicyclic) bond motifs is 3. The maximum atomic E-state index is 11.5. The van der Waals surface area contributed by atoms with E-state index in [-0.39, 0.29) is 5.78 Å². The zero-order chi connectivity index (χ0) is 8.84. The molecule has 0 aliphatic heterocycles. The molecule has 0 radical (unpaired) electrons. The molecule has 0 atom stereocenters. The van der Waals surface area contributed by atoms with Crippen molar-refractivity contribution in [3.63, 3.8) is 0 Å². The standard InChI is InChI=1S/C12H8O/c13-11-7-3-6-10-8-4-1-2-5-9(8)12(10)11/h1-6H,7H2. The van der Waals surface area contributed by atoms with E-state index in [0.29, 0.717) is 6.42 Å². The molecule has 0 fully saturated rings. The molecule has 62 valence electrons. The van der Waals surface area contributed by atoms with Crippen molar-refractivity contribution in [3.05, 3.63) is 47.5 Å². The zero-order valence-corrected chi connectivity index (χ0v) is 7.08. The SMILES string of the molecule is O=C1CC=CC2=C1c1ccccc12. The smallest absolute Gasteiger partial charge is 0.167 e. The molecular formula is C12H8O. The Hall–Kier alpha value is -1.63. The molecule has 0 bridgehead atoms. The van der Waals surface area contributed by atoms with Gasteiger partial charge in [0.05, 0.1) is 0 Å². The van der Waals surface area contributed by atoms with Gasteiger partial charge in [-0.25, -0.2) is 0 Å². The van der Waals surface area contributed by atoms with E-state index < -0.39 is 0 Å². The van der Waals surface area contributed by atoms with Crippen molar-refractivity contribution in [3.8, 4) is 0 Å². The molecular weight excluding hydrogens is 160 g/mol. The molecule has 0 N–H and O–H groups in total. The van der Waals surface area contributed by atoms with Crippen molar-refractivity contribution >= 4 is 16.9 Å². The molecule has 2 aliphatic rings. The Morgan fingerprint density at radius 1 is 1.08 bits per heavy atom. The van der Waals surface area contributed by atoms with Gasteiger partial charge in [0.2, 0.25) is 0 Å². The van der Waals surface area contributed by atoms with Crippen LogP contribution < -0.4 is 0 Å². The number of hydrogen-bond donors (Lipinski definition) is 0. The molecule has 0 aromatic heterocycles. The van der Waals surface area contributed by atoms with E-state index in [1.807, 2.05) is 24.3 Å². The van der Waals surface area contributed by atoms with Crippen molar-refractivity contribution in [2.24, 2.45) is 0 Å². The molecule has 0 heterocycles. The van der Waals surface area contributed by atoms with Crippen LogP contribution in [-0.2, 0) is 4.79 Å². The van der Waals surface area contributed by atoms with Gasteiger partial charge in [0.25, 0.3) is 0 Å². The van der Waals surface area contributed by atoms with Crippen LogP contribution in [0, 0.1) is 0 Å². The molecule has 0 saturated carbocycles. The molecule has 1 heteroatoms. The number of carbonyl (C=O) groups is 1. The van der Waals surface area contributed by atoms with Gasteiger partial charge in [-0.3, -0.25) is 4.79 Å². The third-order valence-corrected chi connectivity index (χ3v) is 2.62. The summed E-state index contributed by atoms with van der Waals surface area (Å²) < 4.78 is 0. The van der Waals surface area contributed by atoms with Gasteiger partial charge in [-0.1, -0.05) is 36.4 Å². The van der Waals surface area contributed by atoms with Crippen LogP contribution in [0.2, 0.25) is 0 Å². The fourth-order valence-corrected chi connectivity index (χ4v) is 2.01. The summed E-state index contributed by atoms with van der Waals surface area (Å²) >= 11 is 0. The van der Waals surface area contributed by atoms with Crippen LogP contribution >= 0.6 is 0 Å². The Labute approximate surface area is 76.4 Å². The first-order chi connectivity index (χ1) is 6.38. The molecule has 1 aromatic rings. The minimum Gasteiger partial charge on any atom is -0.294 e. The highest BCUT2D eigenvalue weighted by molar-refractivity contribution is 6.36. The van der Waals surface area contributed by atoms with E-state index in [0.717, 1.165) is 16.7 Å². The van der Waals surface area contributed by atoms with Crippen LogP contribution in [0.5, 0.6) is 0 Å². The van der Waals surface area contributed by atoms with Crippen LogP contribution in [0.4, 0.5) is 0 Å². The van der Waals surface area contributed by atoms with Gasteiger partial charge < -0.3 is 0 Å². The summed E-state index contributed by atoms with van der Waals surface area (Å²) in [6.07, 6.45) is 4.56. The van der Waals surface area contributed by atoms with E-state index in [4.69, 9.17) is 0 Å². The van der Waals surface area contributed by atoms with Crippen LogP contribution in [-0.4, -0.2) is 5.78 Å². The third-order valence-electron chi connectivity index (χ3n) is 2.62. The van der Waals surface area contributed by atoms with Crippen LogP contribution in [0.15, 0.2) is 36.4 Å². The number of carbonyl (C=O) groups excluding carboxylic acids is 1. The number of rotatable bonds is 0. The van der Waals surface area contributed by atoms with E-state index >= 15 is 0 Å². The quantitative estimate of drug-likeness (QED) is 0.581. The average molecular weight is 168 g/mol. The van der Waals surface area contributed by atoms with E-state index in [2.05, 4.69) is 12.1 Å². The summed E-state index contributed by atoms with van der Waals surface area (Å²) in [4.78, 5) is 11.5. The van der Waals surface area contributed by atoms with E-state index in [9.17, 15) is 4.79 Å². The van der Waals surface area contributed by atoms with Gasteiger partial charge in [0.15, 0.2) is 5.78 Å². The van der Waals surface area contributed by atoms with Crippen LogP contribution in [0.25, 0.3) is 11.1 Å². The predicted molar refractivity (Wildman–Crippen MR) is 52.0 cm³/mol. The van der Waals surface area contributed by atoms with Gasteiger partial charge in [0, 0.05) is 12.0 Å². The minimum absolute atomic E-state index is 0.260. The third kappa shape index (κ3) is 0.738. The fraction of sp³-hybridized carbons (Fsp3) is 0.0833. The first kappa shape index (κ1) is 6.84. The van der Waals surface area contributed by atoms with Crippen molar-refractivity contribution < 1.29 is 4.79 Å². The number of ketones is 1. The van der Waals surface area contributed by atoms with E-state index in [1.165, 1.54) is 5.56 Å². The summed E-state index contributed by atoms with van der Waals surface area (Å²) in [7, 11) is 0. The largest absolute Gasteiger partial charge is 0.294 e. The molecule has 0 saturated heterocycles. The van der Waals surface area contributed by atoms with Gasteiger partial charge in [-0.2, -0.15) is 0 Å². The molecule has 3 rings (SSSR count). The summed E-state index contributed by atoms with van der Waals surface area (Å²) in [5.74, 6) is 0.260. The van der Waals surface area contributed by atoms with Crippen LogP contribution in [0.3, 0.4) is 0 Å². The lowest BCUT2D eigenvalue weighted by atomic mass is 9.75. The fourth-order valence-electron chi connectivity index (χ4n) is 2.01. The van der Waals surface area contributed by atoms with Crippen molar-refractivity contribution in [1.82, 2.24) is 0 Å². The lowest BCUT2D eigenvalue weighted by Crippen LogP contribution is -2.15. The van der Waals surface area contributed by atoms with Gasteiger partial charge in [-0.05, 0) is 16.7 Å². The second kappa shape index (κ2) is 2.19. The Bertz CT molecular complexity index is 464. The van der Waals surface area contributed by atoms with Crippen molar-refractivity contribution in [1.29, 1.82) is 0 Å². The minimum atomic E-state index is 0.260. The molecule has 0 spiro atoms. The topological polar surface area (TPSA) is 17.1 Å². The molecule has 2 aliphatic carbocycles. The highest BCUT2D eigenvalue weighted by Gasteiger charge is 2.29. The van der Waals surface area contributed by atoms with Gasteiger partial charge in [0.1, 0.15) is 0 Å².